The van der Waals surface area contributed by atoms with Crippen LogP contribution in [0.2, 0.25) is 0 Å². The van der Waals surface area contributed by atoms with Gasteiger partial charge in [0, 0.05) is 23.7 Å². The Morgan fingerprint density at radius 2 is 2.27 bits per heavy atom. The Labute approximate surface area is 97.2 Å². The number of nitrogens with zero attached hydrogens (tertiary/aromatic N) is 2. The molecule has 0 saturated carbocycles. The Balaban J connectivity index is 1.78. The average Bonchev–Trinajstić information content (AvgIpc) is 2.88. The maximum Gasteiger partial charge on any atom is 0.182 e. The van der Waals surface area contributed by atoms with Gasteiger partial charge in [0.1, 0.15) is 0 Å². The molecule has 0 aliphatic heterocycles. The van der Waals surface area contributed by atoms with Crippen molar-refractivity contribution in [3.63, 3.8) is 0 Å². The molecule has 0 atom stereocenters. The smallest absolute Gasteiger partial charge is 0.182 e. The molecule has 2 aromatic rings. The summed E-state index contributed by atoms with van der Waals surface area (Å²) in [5.74, 6) is 0. The molecule has 0 amide bonds. The lowest BCUT2D eigenvalue weighted by atomic mass is 10.3. The lowest BCUT2D eigenvalue weighted by Gasteiger charge is -1.99. The zero-order valence-electron chi connectivity index (χ0n) is 8.56. The van der Waals surface area contributed by atoms with Gasteiger partial charge in [-0.2, -0.15) is 0 Å². The molecule has 2 heterocycles. The monoisotopic (exact) mass is 239 g/mol. The van der Waals surface area contributed by atoms with Crippen molar-refractivity contribution < 1.29 is 0 Å². The lowest BCUT2D eigenvalue weighted by Crippen LogP contribution is -2.04. The van der Waals surface area contributed by atoms with E-state index in [4.69, 9.17) is 0 Å². The number of rotatable bonds is 5. The maximum absolute atomic E-state index is 4.44. The molecular weight excluding hydrogens is 226 g/mol. The molecule has 3 nitrogen and oxygen atoms in total. The van der Waals surface area contributed by atoms with Gasteiger partial charge < -0.3 is 5.32 Å². The third kappa shape index (κ3) is 3.00. The molecule has 0 fully saturated rings. The van der Waals surface area contributed by atoms with Gasteiger partial charge in [-0.15, -0.1) is 22.7 Å². The summed E-state index contributed by atoms with van der Waals surface area (Å²) < 4.78 is 0. The van der Waals surface area contributed by atoms with E-state index in [1.165, 1.54) is 0 Å². The minimum absolute atomic E-state index is 0.903. The van der Waals surface area contributed by atoms with Crippen LogP contribution in [-0.4, -0.2) is 16.5 Å². The first-order chi connectivity index (χ1) is 7.38. The fourth-order valence-corrected chi connectivity index (χ4v) is 2.62. The molecule has 2 aromatic heterocycles. The molecule has 0 radical (unpaired) electrons. The summed E-state index contributed by atoms with van der Waals surface area (Å²) in [6.07, 6.45) is 1.97. The Hall–Kier alpha value is -0.940. The van der Waals surface area contributed by atoms with Crippen LogP contribution in [0.4, 0.5) is 5.13 Å². The van der Waals surface area contributed by atoms with Gasteiger partial charge in [0.05, 0.1) is 16.9 Å². The van der Waals surface area contributed by atoms with Gasteiger partial charge in [-0.3, -0.25) is 0 Å². The highest BCUT2D eigenvalue weighted by Crippen LogP contribution is 2.15. The highest BCUT2D eigenvalue weighted by Gasteiger charge is 1.99. The fourth-order valence-electron chi connectivity index (χ4n) is 1.21. The summed E-state index contributed by atoms with van der Waals surface area (Å²) in [7, 11) is 0. The number of aromatic nitrogens is 2. The molecule has 0 spiro atoms. The molecule has 0 aliphatic carbocycles. The number of hydrogen-bond donors (Lipinski definition) is 1. The van der Waals surface area contributed by atoms with Gasteiger partial charge in [-0.1, -0.05) is 6.92 Å². The molecule has 5 heteroatoms. The average molecular weight is 239 g/mol. The van der Waals surface area contributed by atoms with Gasteiger partial charge in [0.25, 0.3) is 0 Å². The molecule has 1 N–H and O–H groups in total. The van der Waals surface area contributed by atoms with E-state index in [9.17, 15) is 0 Å². The predicted molar refractivity (Wildman–Crippen MR) is 65.8 cm³/mol. The van der Waals surface area contributed by atoms with Crippen molar-refractivity contribution in [1.82, 2.24) is 9.97 Å². The van der Waals surface area contributed by atoms with Crippen LogP contribution in [0.1, 0.15) is 18.3 Å². The van der Waals surface area contributed by atoms with Crippen LogP contribution in [0.25, 0.3) is 0 Å². The van der Waals surface area contributed by atoms with E-state index in [-0.39, 0.29) is 0 Å². The van der Waals surface area contributed by atoms with Crippen molar-refractivity contribution in [2.75, 3.05) is 11.9 Å². The molecule has 0 bridgehead atoms. The number of aryl methyl sites for hydroxylation is 1. The van der Waals surface area contributed by atoms with Crippen LogP contribution in [0.15, 0.2) is 16.3 Å². The second-order valence-corrected chi connectivity index (χ2v) is 4.73. The van der Waals surface area contributed by atoms with E-state index in [2.05, 4.69) is 33.0 Å². The number of nitrogens with one attached hydrogen (secondary N) is 1. The Kier molecular flexibility index (Phi) is 3.69. The molecule has 0 aliphatic rings. The Morgan fingerprint density at radius 3 is 2.93 bits per heavy atom. The van der Waals surface area contributed by atoms with E-state index in [0.29, 0.717) is 0 Å². The highest BCUT2D eigenvalue weighted by molar-refractivity contribution is 7.13. The molecular formula is C10H13N3S2. The topological polar surface area (TPSA) is 37.8 Å². The molecule has 2 rings (SSSR count). The largest absolute Gasteiger partial charge is 0.361 e. The van der Waals surface area contributed by atoms with Gasteiger partial charge in [-0.05, 0) is 6.42 Å². The van der Waals surface area contributed by atoms with Crippen molar-refractivity contribution in [1.29, 1.82) is 0 Å². The lowest BCUT2D eigenvalue weighted by molar-refractivity contribution is 0.968. The first-order valence-corrected chi connectivity index (χ1v) is 6.76. The van der Waals surface area contributed by atoms with Gasteiger partial charge in [0.2, 0.25) is 0 Å². The van der Waals surface area contributed by atoms with Crippen LogP contribution in [-0.2, 0) is 12.8 Å². The van der Waals surface area contributed by atoms with E-state index < -0.39 is 0 Å². The quantitative estimate of drug-likeness (QED) is 0.872. The van der Waals surface area contributed by atoms with Crippen LogP contribution >= 0.6 is 22.7 Å². The summed E-state index contributed by atoms with van der Waals surface area (Å²) in [4.78, 5) is 8.67. The summed E-state index contributed by atoms with van der Waals surface area (Å²) in [5.41, 5.74) is 4.18. The number of hydrogen-bond acceptors (Lipinski definition) is 5. The van der Waals surface area contributed by atoms with Gasteiger partial charge >= 0.3 is 0 Å². The minimum atomic E-state index is 0.903. The van der Waals surface area contributed by atoms with Gasteiger partial charge in [0.15, 0.2) is 5.13 Å². The third-order valence-electron chi connectivity index (χ3n) is 2.05. The van der Waals surface area contributed by atoms with Crippen LogP contribution in [0, 0.1) is 0 Å². The van der Waals surface area contributed by atoms with Crippen molar-refractivity contribution >= 4 is 27.8 Å². The van der Waals surface area contributed by atoms with E-state index in [0.717, 1.165) is 35.9 Å². The normalized spacial score (nSPS) is 10.5. The summed E-state index contributed by atoms with van der Waals surface area (Å²) in [6.45, 7) is 3.02. The zero-order chi connectivity index (χ0) is 10.5. The van der Waals surface area contributed by atoms with Crippen molar-refractivity contribution in [3.05, 3.63) is 27.7 Å². The van der Waals surface area contributed by atoms with E-state index >= 15 is 0 Å². The first kappa shape index (κ1) is 10.6. The summed E-state index contributed by atoms with van der Waals surface area (Å²) in [5, 5.41) is 8.51. The predicted octanol–water partition coefficient (Wildman–Crippen LogP) is 2.82. The van der Waals surface area contributed by atoms with Gasteiger partial charge in [-0.25, -0.2) is 9.97 Å². The summed E-state index contributed by atoms with van der Waals surface area (Å²) >= 11 is 3.31. The van der Waals surface area contributed by atoms with Crippen LogP contribution in [0.3, 0.4) is 0 Å². The molecule has 80 valence electrons. The summed E-state index contributed by atoms with van der Waals surface area (Å²) in [6, 6.07) is 0. The third-order valence-corrected chi connectivity index (χ3v) is 3.54. The second-order valence-electron chi connectivity index (χ2n) is 3.15. The number of thiazole rings is 2. The maximum atomic E-state index is 4.44. The zero-order valence-corrected chi connectivity index (χ0v) is 10.2. The Bertz CT molecular complexity index is 394. The molecule has 0 aromatic carbocycles. The molecule has 0 unspecified atom stereocenters. The molecule has 0 saturated heterocycles. The van der Waals surface area contributed by atoms with E-state index in [1.54, 1.807) is 22.7 Å². The van der Waals surface area contributed by atoms with E-state index in [1.807, 2.05) is 5.51 Å². The SMILES string of the molecule is CCc1csc(NCCc2cscn2)n1. The minimum Gasteiger partial charge on any atom is -0.361 e. The Morgan fingerprint density at radius 1 is 1.33 bits per heavy atom. The highest BCUT2D eigenvalue weighted by atomic mass is 32.1. The van der Waals surface area contributed by atoms with Crippen molar-refractivity contribution in [2.45, 2.75) is 19.8 Å². The fraction of sp³-hybridized carbons (Fsp3) is 0.400. The van der Waals surface area contributed by atoms with Crippen molar-refractivity contribution in [3.8, 4) is 0 Å². The van der Waals surface area contributed by atoms with Crippen LogP contribution < -0.4 is 5.32 Å². The molecule has 15 heavy (non-hydrogen) atoms. The number of anilines is 1. The second kappa shape index (κ2) is 5.23. The standard InChI is InChI=1S/C10H13N3S2/c1-2-8-6-15-10(13-8)11-4-3-9-5-14-7-12-9/h5-7H,2-4H2,1H3,(H,11,13). The first-order valence-electron chi connectivity index (χ1n) is 4.94. The van der Waals surface area contributed by atoms with Crippen molar-refractivity contribution in [2.24, 2.45) is 0 Å². The van der Waals surface area contributed by atoms with Crippen LogP contribution in [0.5, 0.6) is 0 Å².